The Morgan fingerprint density at radius 3 is 2.56 bits per heavy atom. The first kappa shape index (κ1) is 18.9. The number of carboxylic acids is 1. The number of fused-ring (bicyclic) bond motifs is 1. The van der Waals surface area contributed by atoms with E-state index in [1.54, 1.807) is 6.92 Å². The Labute approximate surface area is 150 Å². The number of carboxylic acid groups (broad SMARTS) is 1. The Kier molecular flexibility index (Phi) is 4.58. The maximum Gasteiger partial charge on any atom is 0.309 e. The molecule has 2 aliphatic carbocycles. The van der Waals surface area contributed by atoms with Crippen LogP contribution in [0.4, 0.5) is 0 Å². The zero-order valence-electron chi connectivity index (χ0n) is 15.6. The zero-order valence-corrected chi connectivity index (χ0v) is 15.6. The molecule has 1 heterocycles. The Morgan fingerprint density at radius 2 is 2.00 bits per heavy atom. The van der Waals surface area contributed by atoms with Gasteiger partial charge >= 0.3 is 5.97 Å². The van der Waals surface area contributed by atoms with E-state index in [9.17, 15) is 20.1 Å². The number of rotatable bonds is 3. The summed E-state index contributed by atoms with van der Waals surface area (Å²) in [4.78, 5) is 12.0. The van der Waals surface area contributed by atoms with Crippen molar-refractivity contribution in [2.75, 3.05) is 6.61 Å². The fourth-order valence-corrected chi connectivity index (χ4v) is 5.92. The van der Waals surface area contributed by atoms with E-state index in [0.717, 1.165) is 37.7 Å². The molecule has 25 heavy (non-hydrogen) atoms. The largest absolute Gasteiger partial charge is 0.481 e. The smallest absolute Gasteiger partial charge is 0.309 e. The van der Waals surface area contributed by atoms with Crippen LogP contribution in [0.15, 0.2) is 12.2 Å². The summed E-state index contributed by atoms with van der Waals surface area (Å²) in [6.45, 7) is 10.2. The third-order valence-corrected chi connectivity index (χ3v) is 7.74. The molecular weight excluding hydrogens is 320 g/mol. The van der Waals surface area contributed by atoms with Gasteiger partial charge in [-0.25, -0.2) is 0 Å². The second-order valence-electron chi connectivity index (χ2n) is 9.18. The van der Waals surface area contributed by atoms with Gasteiger partial charge in [0, 0.05) is 0 Å². The molecule has 0 unspecified atom stereocenters. The lowest BCUT2D eigenvalue weighted by Crippen LogP contribution is -2.55. The highest BCUT2D eigenvalue weighted by molar-refractivity contribution is 5.75. The van der Waals surface area contributed by atoms with E-state index < -0.39 is 29.2 Å². The van der Waals surface area contributed by atoms with Crippen molar-refractivity contribution in [3.63, 3.8) is 0 Å². The molecule has 3 fully saturated rings. The van der Waals surface area contributed by atoms with Crippen molar-refractivity contribution >= 4 is 5.97 Å². The average molecular weight is 352 g/mol. The summed E-state index contributed by atoms with van der Waals surface area (Å²) in [6.07, 6.45) is 3.53. The van der Waals surface area contributed by atoms with Gasteiger partial charge in [-0.1, -0.05) is 25.5 Å². The molecule has 5 nitrogen and oxygen atoms in total. The summed E-state index contributed by atoms with van der Waals surface area (Å²) in [5.74, 6) is -0.501. The normalized spacial score (nSPS) is 50.5. The van der Waals surface area contributed by atoms with Crippen LogP contribution >= 0.6 is 0 Å². The summed E-state index contributed by atoms with van der Waals surface area (Å²) < 4.78 is 5.70. The third kappa shape index (κ3) is 2.75. The van der Waals surface area contributed by atoms with Crippen LogP contribution in [0.25, 0.3) is 0 Å². The number of carbonyl (C=O) groups is 1. The van der Waals surface area contributed by atoms with Crippen molar-refractivity contribution in [1.82, 2.24) is 0 Å². The second-order valence-corrected chi connectivity index (χ2v) is 9.18. The number of ether oxygens (including phenoxy) is 1. The number of aliphatic hydroxyl groups is 2. The summed E-state index contributed by atoms with van der Waals surface area (Å²) in [5, 5.41) is 30.5. The lowest BCUT2D eigenvalue weighted by Gasteiger charge is -2.57. The zero-order chi connectivity index (χ0) is 18.6. The summed E-state index contributed by atoms with van der Waals surface area (Å²) in [5.41, 5.74) is -0.999. The van der Waals surface area contributed by atoms with Gasteiger partial charge in [0.25, 0.3) is 0 Å². The van der Waals surface area contributed by atoms with Crippen LogP contribution < -0.4 is 0 Å². The molecule has 1 saturated heterocycles. The van der Waals surface area contributed by atoms with Crippen molar-refractivity contribution in [2.45, 2.75) is 77.1 Å². The van der Waals surface area contributed by atoms with Crippen molar-refractivity contribution in [2.24, 2.45) is 22.7 Å². The summed E-state index contributed by atoms with van der Waals surface area (Å²) >= 11 is 0. The fraction of sp³-hybridized carbons (Fsp3) is 0.850. The van der Waals surface area contributed by atoms with Crippen molar-refractivity contribution in [3.8, 4) is 0 Å². The molecule has 0 aromatic rings. The van der Waals surface area contributed by atoms with Crippen molar-refractivity contribution < 1.29 is 24.9 Å². The van der Waals surface area contributed by atoms with Crippen LogP contribution in [-0.2, 0) is 9.53 Å². The molecular formula is C20H32O5. The first-order valence-corrected chi connectivity index (χ1v) is 9.46. The molecule has 5 heteroatoms. The lowest BCUT2D eigenvalue weighted by molar-refractivity contribution is -0.165. The van der Waals surface area contributed by atoms with E-state index in [0.29, 0.717) is 6.42 Å². The molecule has 3 rings (SSSR count). The molecule has 2 saturated carbocycles. The average Bonchev–Trinajstić information content (AvgIpc) is 2.76. The molecule has 3 aliphatic rings. The van der Waals surface area contributed by atoms with Crippen molar-refractivity contribution in [3.05, 3.63) is 12.2 Å². The van der Waals surface area contributed by atoms with Gasteiger partial charge in [0.05, 0.1) is 18.1 Å². The van der Waals surface area contributed by atoms with Gasteiger partial charge < -0.3 is 20.1 Å². The topological polar surface area (TPSA) is 87.0 Å². The molecule has 1 aliphatic heterocycles. The molecule has 3 N–H and O–H groups in total. The van der Waals surface area contributed by atoms with Crippen LogP contribution in [0.1, 0.15) is 59.3 Å². The van der Waals surface area contributed by atoms with Gasteiger partial charge in [-0.2, -0.15) is 0 Å². The summed E-state index contributed by atoms with van der Waals surface area (Å²) in [7, 11) is 0. The van der Waals surface area contributed by atoms with E-state index in [2.05, 4.69) is 13.5 Å². The highest BCUT2D eigenvalue weighted by Crippen LogP contribution is 2.62. The monoisotopic (exact) mass is 352 g/mol. The van der Waals surface area contributed by atoms with Crippen molar-refractivity contribution in [1.29, 1.82) is 0 Å². The Hall–Kier alpha value is -0.910. The quantitative estimate of drug-likeness (QED) is 0.680. The number of aliphatic carboxylic acids is 1. The van der Waals surface area contributed by atoms with Gasteiger partial charge in [-0.05, 0) is 63.2 Å². The number of aliphatic hydroxyl groups excluding tert-OH is 1. The number of hydrogen-bond donors (Lipinski definition) is 3. The molecule has 0 aromatic carbocycles. The first-order chi connectivity index (χ1) is 11.5. The van der Waals surface area contributed by atoms with Crippen LogP contribution in [0.3, 0.4) is 0 Å². The lowest BCUT2D eigenvalue weighted by atomic mass is 9.46. The SMILES string of the molecule is C=C1CC[C@@H]2[C@](C)(CCC[C@]2(C)C(=O)O)[C@H]1C[C@H]1OC[C@H](O)[C@]1(C)O. The molecule has 142 valence electrons. The van der Waals surface area contributed by atoms with Crippen LogP contribution in [0.2, 0.25) is 0 Å². The van der Waals surface area contributed by atoms with E-state index in [-0.39, 0.29) is 23.9 Å². The van der Waals surface area contributed by atoms with Gasteiger partial charge in [0.15, 0.2) is 0 Å². The molecule has 0 bridgehead atoms. The Morgan fingerprint density at radius 1 is 1.32 bits per heavy atom. The van der Waals surface area contributed by atoms with Crippen LogP contribution in [-0.4, -0.2) is 45.7 Å². The molecule has 0 radical (unpaired) electrons. The van der Waals surface area contributed by atoms with E-state index in [1.807, 2.05) is 6.92 Å². The van der Waals surface area contributed by atoms with Gasteiger partial charge in [0.2, 0.25) is 0 Å². The second kappa shape index (κ2) is 6.07. The minimum atomic E-state index is -1.27. The standard InChI is InChI=1S/C20H32O5/c1-12-6-7-14-18(2,8-5-9-19(14,3)17(22)23)13(12)10-16-20(4,24)15(21)11-25-16/h13-16,21,24H,1,5-11H2,2-4H3,(H,22,23)/t13-,14+,15-,16+,18+,19-,20-/m0/s1. The molecule has 0 spiro atoms. The minimum Gasteiger partial charge on any atom is -0.481 e. The minimum absolute atomic E-state index is 0.0954. The van der Waals surface area contributed by atoms with Gasteiger partial charge in [-0.15, -0.1) is 0 Å². The maximum atomic E-state index is 12.0. The van der Waals surface area contributed by atoms with E-state index >= 15 is 0 Å². The van der Waals surface area contributed by atoms with Crippen LogP contribution in [0, 0.1) is 22.7 Å². The fourth-order valence-electron chi connectivity index (χ4n) is 5.92. The predicted molar refractivity (Wildman–Crippen MR) is 94.0 cm³/mol. The number of hydrogen-bond acceptors (Lipinski definition) is 4. The Bertz CT molecular complexity index is 570. The number of allylic oxidation sites excluding steroid dienone is 1. The van der Waals surface area contributed by atoms with Crippen LogP contribution in [0.5, 0.6) is 0 Å². The highest BCUT2D eigenvalue weighted by Gasteiger charge is 2.59. The molecule has 0 amide bonds. The highest BCUT2D eigenvalue weighted by atomic mass is 16.5. The first-order valence-electron chi connectivity index (χ1n) is 9.46. The van der Waals surface area contributed by atoms with Gasteiger partial charge in [-0.3, -0.25) is 4.79 Å². The third-order valence-electron chi connectivity index (χ3n) is 7.74. The van der Waals surface area contributed by atoms with E-state index in [1.165, 1.54) is 0 Å². The summed E-state index contributed by atoms with van der Waals surface area (Å²) in [6, 6.07) is 0. The maximum absolute atomic E-state index is 12.0. The van der Waals surface area contributed by atoms with Gasteiger partial charge in [0.1, 0.15) is 11.7 Å². The molecule has 7 atom stereocenters. The predicted octanol–water partition coefficient (Wildman–Crippen LogP) is 2.75. The van der Waals surface area contributed by atoms with E-state index in [4.69, 9.17) is 4.74 Å². The molecule has 0 aromatic heterocycles. The Balaban J connectivity index is 1.90.